The standard InChI is InChI=1S/C11H12N4/c1-2-5-14-10(6-12)11-7-13-8-15(11)9-3-4-9/h1,7-10,14H,3-5H2. The van der Waals surface area contributed by atoms with Crippen LogP contribution in [0, 0.1) is 23.7 Å². The molecule has 1 heterocycles. The van der Waals surface area contributed by atoms with Gasteiger partial charge in [0.2, 0.25) is 0 Å². The Morgan fingerprint density at radius 1 is 1.73 bits per heavy atom. The topological polar surface area (TPSA) is 53.6 Å². The molecule has 1 fully saturated rings. The summed E-state index contributed by atoms with van der Waals surface area (Å²) in [6.45, 7) is 0.397. The highest BCUT2D eigenvalue weighted by Gasteiger charge is 2.27. The van der Waals surface area contributed by atoms with E-state index in [-0.39, 0.29) is 6.04 Å². The normalized spacial score (nSPS) is 16.7. The molecule has 0 bridgehead atoms. The molecule has 0 radical (unpaired) electrons. The molecule has 76 valence electrons. The first-order valence-corrected chi connectivity index (χ1v) is 4.95. The monoisotopic (exact) mass is 200 g/mol. The van der Waals surface area contributed by atoms with Crippen LogP contribution < -0.4 is 5.32 Å². The maximum absolute atomic E-state index is 9.03. The van der Waals surface area contributed by atoms with Crippen molar-refractivity contribution in [2.45, 2.75) is 24.9 Å². The second kappa shape index (κ2) is 4.16. The Morgan fingerprint density at radius 3 is 3.13 bits per heavy atom. The number of nitriles is 1. The second-order valence-corrected chi connectivity index (χ2v) is 3.60. The van der Waals surface area contributed by atoms with E-state index < -0.39 is 0 Å². The van der Waals surface area contributed by atoms with Gasteiger partial charge in [-0.25, -0.2) is 4.98 Å². The molecular weight excluding hydrogens is 188 g/mol. The quantitative estimate of drug-likeness (QED) is 0.738. The molecule has 2 rings (SSSR count). The maximum atomic E-state index is 9.03. The molecule has 1 unspecified atom stereocenters. The molecule has 0 spiro atoms. The van der Waals surface area contributed by atoms with Gasteiger partial charge in [-0.2, -0.15) is 5.26 Å². The summed E-state index contributed by atoms with van der Waals surface area (Å²) in [6, 6.07) is 2.37. The molecule has 1 saturated carbocycles. The molecule has 1 aromatic heterocycles. The Labute approximate surface area is 88.9 Å². The van der Waals surface area contributed by atoms with Crippen LogP contribution in [0.2, 0.25) is 0 Å². The third-order valence-electron chi connectivity index (χ3n) is 2.47. The molecule has 1 atom stereocenters. The summed E-state index contributed by atoms with van der Waals surface area (Å²) in [7, 11) is 0. The minimum absolute atomic E-state index is 0.357. The van der Waals surface area contributed by atoms with Gasteiger partial charge < -0.3 is 4.57 Å². The molecule has 1 N–H and O–H groups in total. The van der Waals surface area contributed by atoms with Crippen LogP contribution in [-0.4, -0.2) is 16.1 Å². The summed E-state index contributed by atoms with van der Waals surface area (Å²) in [4.78, 5) is 4.08. The molecule has 0 aliphatic heterocycles. The van der Waals surface area contributed by atoms with Crippen LogP contribution >= 0.6 is 0 Å². The average molecular weight is 200 g/mol. The Kier molecular flexibility index (Phi) is 2.71. The van der Waals surface area contributed by atoms with Crippen molar-refractivity contribution in [2.75, 3.05) is 6.54 Å². The fourth-order valence-electron chi connectivity index (χ4n) is 1.57. The Hall–Kier alpha value is -1.78. The van der Waals surface area contributed by atoms with E-state index in [1.165, 1.54) is 12.8 Å². The molecule has 15 heavy (non-hydrogen) atoms. The van der Waals surface area contributed by atoms with Gasteiger partial charge in [0.15, 0.2) is 0 Å². The Bertz CT molecular complexity index is 417. The fraction of sp³-hybridized carbons (Fsp3) is 0.455. The van der Waals surface area contributed by atoms with E-state index >= 15 is 0 Å². The number of terminal acetylenes is 1. The van der Waals surface area contributed by atoms with Crippen molar-refractivity contribution in [2.24, 2.45) is 0 Å². The van der Waals surface area contributed by atoms with Crippen molar-refractivity contribution < 1.29 is 0 Å². The third kappa shape index (κ3) is 2.01. The molecule has 1 aliphatic rings. The molecule has 0 aromatic carbocycles. The van der Waals surface area contributed by atoms with E-state index in [2.05, 4.69) is 26.9 Å². The second-order valence-electron chi connectivity index (χ2n) is 3.60. The first-order valence-electron chi connectivity index (χ1n) is 4.95. The lowest BCUT2D eigenvalue weighted by Crippen LogP contribution is -2.22. The molecule has 1 aliphatic carbocycles. The molecule has 0 amide bonds. The molecule has 4 heteroatoms. The Morgan fingerprint density at radius 2 is 2.53 bits per heavy atom. The van der Waals surface area contributed by atoms with Crippen LogP contribution in [0.5, 0.6) is 0 Å². The lowest BCUT2D eigenvalue weighted by molar-refractivity contribution is 0.605. The van der Waals surface area contributed by atoms with E-state index in [1.54, 1.807) is 12.5 Å². The van der Waals surface area contributed by atoms with Crippen molar-refractivity contribution in [3.8, 4) is 18.4 Å². The zero-order chi connectivity index (χ0) is 10.7. The van der Waals surface area contributed by atoms with Crippen LogP contribution in [-0.2, 0) is 0 Å². The summed E-state index contributed by atoms with van der Waals surface area (Å²) in [5.41, 5.74) is 0.912. The van der Waals surface area contributed by atoms with Gasteiger partial charge in [0.1, 0.15) is 6.04 Å². The highest BCUT2D eigenvalue weighted by atomic mass is 15.1. The summed E-state index contributed by atoms with van der Waals surface area (Å²) in [5, 5.41) is 12.0. The van der Waals surface area contributed by atoms with Crippen molar-refractivity contribution in [1.82, 2.24) is 14.9 Å². The number of rotatable bonds is 4. The SMILES string of the molecule is C#CCNC(C#N)c1cncn1C1CC1. The summed E-state index contributed by atoms with van der Waals surface area (Å²) in [5.74, 6) is 2.47. The van der Waals surface area contributed by atoms with Gasteiger partial charge in [0.05, 0.1) is 30.8 Å². The number of aromatic nitrogens is 2. The van der Waals surface area contributed by atoms with Crippen LogP contribution in [0.4, 0.5) is 0 Å². The number of hydrogen-bond donors (Lipinski definition) is 1. The third-order valence-corrected chi connectivity index (χ3v) is 2.47. The maximum Gasteiger partial charge on any atom is 0.138 e. The predicted octanol–water partition coefficient (Wildman–Crippen LogP) is 1.01. The molecule has 0 saturated heterocycles. The van der Waals surface area contributed by atoms with E-state index in [9.17, 15) is 0 Å². The van der Waals surface area contributed by atoms with Gasteiger partial charge in [0.25, 0.3) is 0 Å². The van der Waals surface area contributed by atoms with Crippen molar-refractivity contribution in [3.63, 3.8) is 0 Å². The first-order chi connectivity index (χ1) is 7.36. The molecule has 4 nitrogen and oxygen atoms in total. The van der Waals surface area contributed by atoms with Gasteiger partial charge >= 0.3 is 0 Å². The van der Waals surface area contributed by atoms with Gasteiger partial charge in [-0.1, -0.05) is 5.92 Å². The van der Waals surface area contributed by atoms with E-state index in [4.69, 9.17) is 11.7 Å². The van der Waals surface area contributed by atoms with E-state index in [0.717, 1.165) is 5.69 Å². The minimum atomic E-state index is -0.357. The average Bonchev–Trinajstić information content (AvgIpc) is 2.99. The largest absolute Gasteiger partial charge is 0.329 e. The lowest BCUT2D eigenvalue weighted by atomic mass is 10.2. The summed E-state index contributed by atoms with van der Waals surface area (Å²) >= 11 is 0. The molecule has 1 aromatic rings. The van der Waals surface area contributed by atoms with Crippen LogP contribution in [0.25, 0.3) is 0 Å². The zero-order valence-corrected chi connectivity index (χ0v) is 8.35. The zero-order valence-electron chi connectivity index (χ0n) is 8.35. The van der Waals surface area contributed by atoms with Crippen LogP contribution in [0.3, 0.4) is 0 Å². The fourth-order valence-corrected chi connectivity index (χ4v) is 1.57. The van der Waals surface area contributed by atoms with Gasteiger partial charge in [-0.3, -0.25) is 5.32 Å². The van der Waals surface area contributed by atoms with Crippen molar-refractivity contribution in [1.29, 1.82) is 5.26 Å². The van der Waals surface area contributed by atoms with E-state index in [1.807, 2.05) is 0 Å². The number of nitrogens with zero attached hydrogens (tertiary/aromatic N) is 3. The number of nitrogens with one attached hydrogen (secondary N) is 1. The highest BCUT2D eigenvalue weighted by molar-refractivity contribution is 5.16. The predicted molar refractivity (Wildman–Crippen MR) is 55.7 cm³/mol. The summed E-state index contributed by atoms with van der Waals surface area (Å²) in [6.07, 6.45) is 11.0. The lowest BCUT2D eigenvalue weighted by Gasteiger charge is -2.11. The van der Waals surface area contributed by atoms with Crippen LogP contribution in [0.15, 0.2) is 12.5 Å². The van der Waals surface area contributed by atoms with Crippen molar-refractivity contribution in [3.05, 3.63) is 18.2 Å². The van der Waals surface area contributed by atoms with Gasteiger partial charge in [0, 0.05) is 6.04 Å². The van der Waals surface area contributed by atoms with Crippen LogP contribution in [0.1, 0.15) is 30.6 Å². The number of hydrogen-bond acceptors (Lipinski definition) is 3. The van der Waals surface area contributed by atoms with E-state index in [0.29, 0.717) is 12.6 Å². The summed E-state index contributed by atoms with van der Waals surface area (Å²) < 4.78 is 2.07. The first kappa shape index (κ1) is 9.76. The minimum Gasteiger partial charge on any atom is -0.329 e. The van der Waals surface area contributed by atoms with Crippen molar-refractivity contribution >= 4 is 0 Å². The highest BCUT2D eigenvalue weighted by Crippen LogP contribution is 2.36. The Balaban J connectivity index is 2.15. The van der Waals surface area contributed by atoms with Gasteiger partial charge in [-0.15, -0.1) is 6.42 Å². The number of imidazole rings is 1. The van der Waals surface area contributed by atoms with Gasteiger partial charge in [-0.05, 0) is 12.8 Å². The molecular formula is C11H12N4. The smallest absolute Gasteiger partial charge is 0.138 e.